The number of hydrogen-bond donors (Lipinski definition) is 0. The summed E-state index contributed by atoms with van der Waals surface area (Å²) in [6, 6.07) is 12.0. The number of ketones is 1. The fourth-order valence-corrected chi connectivity index (χ4v) is 3.25. The maximum absolute atomic E-state index is 12.7. The highest BCUT2D eigenvalue weighted by Crippen LogP contribution is 2.30. The van der Waals surface area contributed by atoms with Gasteiger partial charge in [0, 0.05) is 24.7 Å². The number of rotatable bonds is 4. The molecule has 0 radical (unpaired) electrons. The zero-order valence-electron chi connectivity index (χ0n) is 14.5. The summed E-state index contributed by atoms with van der Waals surface area (Å²) in [7, 11) is 0. The van der Waals surface area contributed by atoms with Crippen molar-refractivity contribution >= 4 is 29.0 Å². The molecule has 0 aliphatic carbocycles. The molecular weight excluding hydrogens is 352 g/mol. The van der Waals surface area contributed by atoms with Crippen LogP contribution in [0.2, 0.25) is 5.02 Å². The van der Waals surface area contributed by atoms with E-state index in [-0.39, 0.29) is 16.7 Å². The minimum absolute atomic E-state index is 0.00464. The number of benzene rings is 2. The van der Waals surface area contributed by atoms with E-state index in [4.69, 9.17) is 21.6 Å². The first-order chi connectivity index (χ1) is 12.4. The van der Waals surface area contributed by atoms with E-state index in [9.17, 15) is 9.59 Å². The van der Waals surface area contributed by atoms with Gasteiger partial charge >= 0.3 is 0 Å². The summed E-state index contributed by atoms with van der Waals surface area (Å²) in [4.78, 5) is 26.0. The van der Waals surface area contributed by atoms with Crippen LogP contribution in [0.4, 0.5) is 5.69 Å². The molecule has 1 atom stereocenters. The van der Waals surface area contributed by atoms with E-state index in [2.05, 4.69) is 0 Å². The van der Waals surface area contributed by atoms with Crippen LogP contribution in [0.1, 0.15) is 35.3 Å². The number of Topliss-reactive ketones (excluding diaryl/α,β-unsaturated/α-hetero) is 1. The average molecular weight is 369 g/mol. The normalized spacial score (nSPS) is 13.7. The summed E-state index contributed by atoms with van der Waals surface area (Å²) in [5.41, 5.74) is 2.80. The summed E-state index contributed by atoms with van der Waals surface area (Å²) in [5, 5.41) is 9.16. The molecule has 1 amide bonds. The molecule has 2 aromatic rings. The molecule has 0 spiro atoms. The number of carbonyl (C=O) groups is 2. The van der Waals surface area contributed by atoms with Crippen molar-refractivity contribution in [3.63, 3.8) is 0 Å². The molecule has 6 heteroatoms. The molecule has 0 saturated heterocycles. The van der Waals surface area contributed by atoms with Gasteiger partial charge < -0.3 is 9.64 Å². The highest BCUT2D eigenvalue weighted by atomic mass is 35.5. The SMILES string of the molecule is CC(=O)N1CCc2cc(C(=O)[C@@H](C)Oc3ccc(C#N)cc3Cl)ccc21. The molecule has 1 heterocycles. The summed E-state index contributed by atoms with van der Waals surface area (Å²) < 4.78 is 5.68. The van der Waals surface area contributed by atoms with E-state index in [1.807, 2.05) is 12.1 Å². The van der Waals surface area contributed by atoms with E-state index in [1.165, 1.54) is 13.0 Å². The van der Waals surface area contributed by atoms with E-state index >= 15 is 0 Å². The molecule has 2 aromatic carbocycles. The number of hydrogen-bond acceptors (Lipinski definition) is 4. The summed E-state index contributed by atoms with van der Waals surface area (Å²) in [6.07, 6.45) is -0.00370. The van der Waals surface area contributed by atoms with Crippen LogP contribution in [-0.4, -0.2) is 24.3 Å². The number of anilines is 1. The zero-order chi connectivity index (χ0) is 18.8. The summed E-state index contributed by atoms with van der Waals surface area (Å²) in [6.45, 7) is 3.83. The number of nitrogens with zero attached hydrogens (tertiary/aromatic N) is 2. The van der Waals surface area contributed by atoms with E-state index in [1.54, 1.807) is 36.1 Å². The fraction of sp³-hybridized carbons (Fsp3) is 0.250. The first-order valence-corrected chi connectivity index (χ1v) is 8.60. The fourth-order valence-electron chi connectivity index (χ4n) is 3.03. The number of halogens is 1. The molecule has 0 saturated carbocycles. The van der Waals surface area contributed by atoms with Crippen LogP contribution in [-0.2, 0) is 11.2 Å². The topological polar surface area (TPSA) is 70.4 Å². The van der Waals surface area contributed by atoms with Gasteiger partial charge in [0.25, 0.3) is 0 Å². The Hall–Kier alpha value is -2.84. The van der Waals surface area contributed by atoms with Crippen molar-refractivity contribution < 1.29 is 14.3 Å². The zero-order valence-corrected chi connectivity index (χ0v) is 15.2. The van der Waals surface area contributed by atoms with Gasteiger partial charge in [-0.05, 0) is 55.3 Å². The Labute approximate surface area is 156 Å². The maximum Gasteiger partial charge on any atom is 0.223 e. The Kier molecular flexibility index (Phi) is 4.97. The lowest BCUT2D eigenvalue weighted by atomic mass is 10.0. The molecule has 5 nitrogen and oxygen atoms in total. The lowest BCUT2D eigenvalue weighted by molar-refractivity contribution is -0.116. The Bertz CT molecular complexity index is 933. The van der Waals surface area contributed by atoms with E-state index < -0.39 is 6.10 Å². The highest BCUT2D eigenvalue weighted by molar-refractivity contribution is 6.32. The smallest absolute Gasteiger partial charge is 0.223 e. The third kappa shape index (κ3) is 3.42. The number of fused-ring (bicyclic) bond motifs is 1. The van der Waals surface area contributed by atoms with Crippen LogP contribution in [0.25, 0.3) is 0 Å². The molecular formula is C20H17ClN2O3. The van der Waals surface area contributed by atoms with Crippen LogP contribution < -0.4 is 9.64 Å². The minimum atomic E-state index is -0.733. The van der Waals surface area contributed by atoms with Crippen molar-refractivity contribution in [1.82, 2.24) is 0 Å². The summed E-state index contributed by atoms with van der Waals surface area (Å²) in [5.74, 6) is 0.180. The van der Waals surface area contributed by atoms with Crippen molar-refractivity contribution in [2.45, 2.75) is 26.4 Å². The van der Waals surface area contributed by atoms with Crippen LogP contribution in [0.5, 0.6) is 5.75 Å². The predicted octanol–water partition coefficient (Wildman–Crippen LogP) is 3.77. The summed E-state index contributed by atoms with van der Waals surface area (Å²) >= 11 is 6.10. The van der Waals surface area contributed by atoms with Crippen LogP contribution in [0.15, 0.2) is 36.4 Å². The molecule has 1 aliphatic heterocycles. The monoisotopic (exact) mass is 368 g/mol. The van der Waals surface area contributed by atoms with Gasteiger partial charge in [0.2, 0.25) is 11.7 Å². The third-order valence-electron chi connectivity index (χ3n) is 4.37. The van der Waals surface area contributed by atoms with Crippen LogP contribution in [0, 0.1) is 11.3 Å². The predicted molar refractivity (Wildman–Crippen MR) is 98.8 cm³/mol. The molecule has 0 N–H and O–H groups in total. The van der Waals surface area contributed by atoms with E-state index in [0.29, 0.717) is 23.4 Å². The first-order valence-electron chi connectivity index (χ1n) is 8.22. The Morgan fingerprint density at radius 1 is 1.27 bits per heavy atom. The van der Waals surface area contributed by atoms with Crippen LogP contribution >= 0.6 is 11.6 Å². The van der Waals surface area contributed by atoms with Gasteiger partial charge in [0.15, 0.2) is 6.10 Å². The van der Waals surface area contributed by atoms with Crippen molar-refractivity contribution in [3.8, 4) is 11.8 Å². The minimum Gasteiger partial charge on any atom is -0.481 e. The maximum atomic E-state index is 12.7. The second-order valence-corrected chi connectivity index (χ2v) is 6.55. The molecule has 1 aliphatic rings. The lowest BCUT2D eigenvalue weighted by Gasteiger charge is -2.17. The van der Waals surface area contributed by atoms with Gasteiger partial charge in [-0.25, -0.2) is 0 Å². The van der Waals surface area contributed by atoms with Gasteiger partial charge in [-0.3, -0.25) is 9.59 Å². The van der Waals surface area contributed by atoms with Crippen molar-refractivity contribution in [2.24, 2.45) is 0 Å². The van der Waals surface area contributed by atoms with Crippen molar-refractivity contribution in [3.05, 3.63) is 58.1 Å². The first kappa shape index (κ1) is 18.0. The number of carbonyl (C=O) groups excluding carboxylic acids is 2. The van der Waals surface area contributed by atoms with E-state index in [0.717, 1.165) is 17.7 Å². The standard InChI is InChI=1S/C20H17ClN2O3/c1-12(26-19-6-3-14(11-22)9-17(19)21)20(25)16-4-5-18-15(10-16)7-8-23(18)13(2)24/h3-6,9-10,12H,7-8H2,1-2H3/t12-/m1/s1. The molecule has 0 bridgehead atoms. The number of ether oxygens (including phenoxy) is 1. The van der Waals surface area contributed by atoms with Gasteiger partial charge in [-0.15, -0.1) is 0 Å². The Morgan fingerprint density at radius 3 is 2.69 bits per heavy atom. The Morgan fingerprint density at radius 2 is 2.04 bits per heavy atom. The quantitative estimate of drug-likeness (QED) is 0.770. The molecule has 26 heavy (non-hydrogen) atoms. The molecule has 132 valence electrons. The Balaban J connectivity index is 1.77. The van der Waals surface area contributed by atoms with Gasteiger partial charge in [0.05, 0.1) is 16.7 Å². The van der Waals surface area contributed by atoms with Crippen molar-refractivity contribution in [1.29, 1.82) is 5.26 Å². The van der Waals surface area contributed by atoms with Crippen molar-refractivity contribution in [2.75, 3.05) is 11.4 Å². The highest BCUT2D eigenvalue weighted by Gasteiger charge is 2.25. The second-order valence-electron chi connectivity index (χ2n) is 6.15. The molecule has 3 rings (SSSR count). The largest absolute Gasteiger partial charge is 0.481 e. The number of amides is 1. The van der Waals surface area contributed by atoms with Gasteiger partial charge in [-0.1, -0.05) is 11.6 Å². The lowest BCUT2D eigenvalue weighted by Crippen LogP contribution is -2.26. The number of nitriles is 1. The van der Waals surface area contributed by atoms with Gasteiger partial charge in [0.1, 0.15) is 5.75 Å². The molecule has 0 aromatic heterocycles. The van der Waals surface area contributed by atoms with Gasteiger partial charge in [-0.2, -0.15) is 5.26 Å². The second kappa shape index (κ2) is 7.19. The third-order valence-corrected chi connectivity index (χ3v) is 4.67. The molecule has 0 unspecified atom stereocenters. The molecule has 0 fully saturated rings. The average Bonchev–Trinajstić information content (AvgIpc) is 3.06. The van der Waals surface area contributed by atoms with Crippen LogP contribution in [0.3, 0.4) is 0 Å².